The van der Waals surface area contributed by atoms with Crippen molar-refractivity contribution in [2.24, 2.45) is 11.1 Å². The molecule has 0 bridgehead atoms. The third-order valence-corrected chi connectivity index (χ3v) is 9.67. The van der Waals surface area contributed by atoms with Crippen LogP contribution in [0.3, 0.4) is 0 Å². The van der Waals surface area contributed by atoms with Crippen molar-refractivity contribution in [3.05, 3.63) is 77.7 Å². The lowest BCUT2D eigenvalue weighted by Gasteiger charge is -2.42. The van der Waals surface area contributed by atoms with Gasteiger partial charge in [-0.3, -0.25) is 9.38 Å². The minimum atomic E-state index is 0.125. The molecule has 6 nitrogen and oxygen atoms in total. The molecule has 5 aromatic rings. The van der Waals surface area contributed by atoms with E-state index >= 15 is 0 Å². The molecular formula is C26H24N6S2. The summed E-state index contributed by atoms with van der Waals surface area (Å²) in [6.45, 7) is 1.91. The number of fused-ring (bicyclic) bond motifs is 3. The number of piperidine rings is 1. The molecule has 0 unspecified atom stereocenters. The minimum absolute atomic E-state index is 0.125. The molecule has 2 N–H and O–H groups in total. The molecule has 7 rings (SSSR count). The van der Waals surface area contributed by atoms with Crippen LogP contribution in [0.2, 0.25) is 0 Å². The van der Waals surface area contributed by atoms with Gasteiger partial charge in [-0.15, -0.1) is 11.3 Å². The monoisotopic (exact) mass is 484 g/mol. The Morgan fingerprint density at radius 3 is 2.76 bits per heavy atom. The van der Waals surface area contributed by atoms with Gasteiger partial charge in [-0.2, -0.15) is 0 Å². The first-order valence-electron chi connectivity index (χ1n) is 11.6. The molecule has 0 radical (unpaired) electrons. The molecule has 0 amide bonds. The largest absolute Gasteiger partial charge is 0.342 e. The summed E-state index contributed by atoms with van der Waals surface area (Å²) < 4.78 is 3.34. The Morgan fingerprint density at radius 1 is 1.00 bits per heavy atom. The van der Waals surface area contributed by atoms with Crippen molar-refractivity contribution in [1.82, 2.24) is 19.4 Å². The predicted molar refractivity (Wildman–Crippen MR) is 138 cm³/mol. The van der Waals surface area contributed by atoms with E-state index in [0.717, 1.165) is 54.4 Å². The van der Waals surface area contributed by atoms with E-state index in [1.54, 1.807) is 23.1 Å². The maximum Gasteiger partial charge on any atom is 0.211 e. The van der Waals surface area contributed by atoms with Crippen LogP contribution in [0.1, 0.15) is 30.0 Å². The molecule has 1 fully saturated rings. The number of nitrogens with two attached hydrogens (primary N) is 1. The van der Waals surface area contributed by atoms with E-state index in [0.29, 0.717) is 0 Å². The maximum atomic E-state index is 6.78. The van der Waals surface area contributed by atoms with Crippen molar-refractivity contribution in [3.63, 3.8) is 0 Å². The highest BCUT2D eigenvalue weighted by Gasteiger charge is 2.46. The van der Waals surface area contributed by atoms with Crippen LogP contribution in [0.5, 0.6) is 0 Å². The van der Waals surface area contributed by atoms with Crippen LogP contribution in [0.25, 0.3) is 15.9 Å². The second-order valence-corrected chi connectivity index (χ2v) is 11.3. The van der Waals surface area contributed by atoms with Crippen molar-refractivity contribution in [2.45, 2.75) is 35.1 Å². The van der Waals surface area contributed by atoms with Crippen LogP contribution in [0.15, 0.2) is 76.4 Å². The molecule has 5 heterocycles. The van der Waals surface area contributed by atoms with Gasteiger partial charge in [-0.1, -0.05) is 36.0 Å². The zero-order chi connectivity index (χ0) is 22.7. The van der Waals surface area contributed by atoms with Gasteiger partial charge in [0.25, 0.3) is 0 Å². The Bertz CT molecular complexity index is 1510. The van der Waals surface area contributed by atoms with Crippen molar-refractivity contribution >= 4 is 44.9 Å². The molecular weight excluding hydrogens is 460 g/mol. The quantitative estimate of drug-likeness (QED) is 0.373. The van der Waals surface area contributed by atoms with Crippen LogP contribution in [0.4, 0.5) is 5.95 Å². The summed E-state index contributed by atoms with van der Waals surface area (Å²) >= 11 is 3.43. The van der Waals surface area contributed by atoms with Crippen LogP contribution in [-0.2, 0) is 6.42 Å². The summed E-state index contributed by atoms with van der Waals surface area (Å²) in [5.74, 6) is 0.965. The molecule has 170 valence electrons. The molecule has 2 aliphatic rings. The average Bonchev–Trinajstić information content (AvgIpc) is 3.60. The van der Waals surface area contributed by atoms with Gasteiger partial charge in [0.2, 0.25) is 5.95 Å². The first-order valence-corrected chi connectivity index (χ1v) is 13.3. The Morgan fingerprint density at radius 2 is 1.88 bits per heavy atom. The number of aromatic nitrogens is 4. The molecule has 4 aromatic heterocycles. The fraction of sp³-hybridized carbons (Fsp3) is 0.269. The fourth-order valence-electron chi connectivity index (χ4n) is 5.70. The first kappa shape index (κ1) is 20.4. The average molecular weight is 485 g/mol. The molecule has 1 aliphatic heterocycles. The molecule has 1 aliphatic carbocycles. The Kier molecular flexibility index (Phi) is 4.69. The van der Waals surface area contributed by atoms with E-state index in [4.69, 9.17) is 15.7 Å². The number of benzene rings is 1. The SMILES string of the molecule is N[C@@H]1c2ccccc2CC12CCN(c1ncc(Sc3ccnc4ccsc34)c3nccn13)CC2. The summed E-state index contributed by atoms with van der Waals surface area (Å²) in [4.78, 5) is 18.7. The van der Waals surface area contributed by atoms with Gasteiger partial charge in [-0.25, -0.2) is 9.97 Å². The van der Waals surface area contributed by atoms with Gasteiger partial charge in [0.05, 0.1) is 15.1 Å². The minimum Gasteiger partial charge on any atom is -0.342 e. The molecule has 1 aromatic carbocycles. The van der Waals surface area contributed by atoms with Crippen LogP contribution in [0, 0.1) is 5.41 Å². The molecule has 0 saturated carbocycles. The summed E-state index contributed by atoms with van der Waals surface area (Å²) in [6, 6.07) is 13.0. The van der Waals surface area contributed by atoms with Crippen molar-refractivity contribution < 1.29 is 0 Å². The zero-order valence-corrected chi connectivity index (χ0v) is 20.2. The van der Waals surface area contributed by atoms with E-state index in [-0.39, 0.29) is 11.5 Å². The molecule has 1 atom stereocenters. The zero-order valence-electron chi connectivity index (χ0n) is 18.6. The van der Waals surface area contributed by atoms with E-state index in [1.807, 2.05) is 24.8 Å². The van der Waals surface area contributed by atoms with Crippen molar-refractivity contribution in [1.29, 1.82) is 0 Å². The number of thiophene rings is 1. The van der Waals surface area contributed by atoms with Crippen LogP contribution in [-0.4, -0.2) is 32.4 Å². The Labute approximate surface area is 205 Å². The predicted octanol–water partition coefficient (Wildman–Crippen LogP) is 5.33. The fourth-order valence-corrected chi connectivity index (χ4v) is 7.63. The topological polar surface area (TPSA) is 72.3 Å². The van der Waals surface area contributed by atoms with Gasteiger partial charge < -0.3 is 10.6 Å². The Balaban J connectivity index is 1.16. The molecule has 1 saturated heterocycles. The maximum absolute atomic E-state index is 6.78. The Hall–Kier alpha value is -2.94. The van der Waals surface area contributed by atoms with Gasteiger partial charge in [0, 0.05) is 48.8 Å². The summed E-state index contributed by atoms with van der Waals surface area (Å²) in [5, 5.41) is 2.09. The third-order valence-electron chi connectivity index (χ3n) is 7.54. The highest BCUT2D eigenvalue weighted by atomic mass is 32.2. The van der Waals surface area contributed by atoms with Crippen LogP contribution >= 0.6 is 23.1 Å². The molecule has 8 heteroatoms. The highest BCUT2D eigenvalue weighted by molar-refractivity contribution is 8.00. The number of nitrogens with zero attached hydrogens (tertiary/aromatic N) is 5. The second-order valence-electron chi connectivity index (χ2n) is 9.29. The summed E-state index contributed by atoms with van der Waals surface area (Å²) in [5.41, 5.74) is 11.7. The van der Waals surface area contributed by atoms with E-state index in [2.05, 4.69) is 56.1 Å². The van der Waals surface area contributed by atoms with Crippen molar-refractivity contribution in [2.75, 3.05) is 18.0 Å². The highest BCUT2D eigenvalue weighted by Crippen LogP contribution is 2.51. The summed E-state index contributed by atoms with van der Waals surface area (Å²) in [7, 11) is 0. The number of anilines is 1. The van der Waals surface area contributed by atoms with E-state index in [9.17, 15) is 0 Å². The standard InChI is InChI=1S/C26H24N6S2/c27-23-18-4-2-1-3-17(18)15-26(23)7-11-31(12-8-26)25-30-16-21(24-29-10-13-32(24)25)34-20-5-9-28-19-6-14-33-22(19)20/h1-6,9-10,13-14,16,23H,7-8,11-12,15,27H2/t23-/m1/s1. The number of hydrogen-bond acceptors (Lipinski definition) is 7. The second kappa shape index (κ2) is 7.80. The lowest BCUT2D eigenvalue weighted by atomic mass is 9.73. The van der Waals surface area contributed by atoms with Gasteiger partial charge in [-0.05, 0) is 53.3 Å². The first-order chi connectivity index (χ1) is 16.7. The molecule has 1 spiro atoms. The lowest BCUT2D eigenvalue weighted by molar-refractivity contribution is 0.186. The summed E-state index contributed by atoms with van der Waals surface area (Å²) in [6.07, 6.45) is 11.0. The number of pyridine rings is 1. The smallest absolute Gasteiger partial charge is 0.211 e. The lowest BCUT2D eigenvalue weighted by Crippen LogP contribution is -2.45. The normalized spacial score (nSPS) is 19.3. The van der Waals surface area contributed by atoms with Crippen LogP contribution < -0.4 is 10.6 Å². The van der Waals surface area contributed by atoms with Gasteiger partial charge in [0.1, 0.15) is 0 Å². The van der Waals surface area contributed by atoms with Gasteiger partial charge >= 0.3 is 0 Å². The van der Waals surface area contributed by atoms with Gasteiger partial charge in [0.15, 0.2) is 5.65 Å². The number of imidazole rings is 1. The number of rotatable bonds is 3. The van der Waals surface area contributed by atoms with E-state index < -0.39 is 0 Å². The van der Waals surface area contributed by atoms with E-state index in [1.165, 1.54) is 20.7 Å². The van der Waals surface area contributed by atoms with Crippen molar-refractivity contribution in [3.8, 4) is 0 Å². The number of hydrogen-bond donors (Lipinski definition) is 1. The molecule has 34 heavy (non-hydrogen) atoms. The third kappa shape index (κ3) is 3.09.